The summed E-state index contributed by atoms with van der Waals surface area (Å²) >= 11 is 1.07. The van der Waals surface area contributed by atoms with Crippen LogP contribution in [0.5, 0.6) is 11.5 Å². The number of amides is 3. The number of carbonyl (C=O) groups excluding carboxylic acids is 2. The van der Waals surface area contributed by atoms with Crippen LogP contribution in [0.15, 0.2) is 58.5 Å². The van der Waals surface area contributed by atoms with E-state index in [1.807, 2.05) is 30.3 Å². The van der Waals surface area contributed by atoms with Gasteiger partial charge in [-0.05, 0) is 24.1 Å². The number of imide groups is 1. The molecule has 0 fully saturated rings. The van der Waals surface area contributed by atoms with E-state index in [1.54, 1.807) is 18.2 Å². The molecule has 1 aromatic heterocycles. The van der Waals surface area contributed by atoms with Gasteiger partial charge in [0.2, 0.25) is 5.91 Å². The third kappa shape index (κ3) is 6.16. The van der Waals surface area contributed by atoms with Gasteiger partial charge in [-0.1, -0.05) is 42.1 Å². The normalized spacial score (nSPS) is 12.6. The van der Waals surface area contributed by atoms with Gasteiger partial charge in [-0.25, -0.2) is 14.7 Å². The van der Waals surface area contributed by atoms with E-state index in [1.165, 1.54) is 4.57 Å². The number of H-pyrrole nitrogens is 1. The Hall–Kier alpha value is -3.73. The average Bonchev–Trinajstić information content (AvgIpc) is 3.00. The van der Waals surface area contributed by atoms with Crippen LogP contribution in [0.4, 0.5) is 10.5 Å². The van der Waals surface area contributed by atoms with Gasteiger partial charge in [0.25, 0.3) is 0 Å². The molecule has 3 aromatic rings. The fraction of sp³-hybridized carbons (Fsp3) is 0.273. The molecule has 0 radical (unpaired) electrons. The molecule has 3 N–H and O–H groups in total. The summed E-state index contributed by atoms with van der Waals surface area (Å²) in [4.78, 5) is 36.5. The SMILES string of the molecule is O=C(CSc1n[nH]c(=O)n1CCc1ccccc1)NC(=O)Nc1ccc2c(c1)OCCCO2. The van der Waals surface area contributed by atoms with Crippen molar-refractivity contribution < 1.29 is 19.1 Å². The minimum atomic E-state index is -0.668. The Bertz CT molecular complexity index is 1180. The van der Waals surface area contributed by atoms with Gasteiger partial charge < -0.3 is 14.8 Å². The molecule has 0 bridgehead atoms. The number of hydrogen-bond donors (Lipinski definition) is 3. The Morgan fingerprint density at radius 3 is 2.70 bits per heavy atom. The monoisotopic (exact) mass is 469 g/mol. The highest BCUT2D eigenvalue weighted by Crippen LogP contribution is 2.32. The van der Waals surface area contributed by atoms with E-state index in [2.05, 4.69) is 20.8 Å². The van der Waals surface area contributed by atoms with Gasteiger partial charge in [0.15, 0.2) is 16.7 Å². The summed E-state index contributed by atoms with van der Waals surface area (Å²) in [5.41, 5.74) is 1.21. The molecular formula is C22H23N5O5S. The molecule has 33 heavy (non-hydrogen) atoms. The zero-order valence-corrected chi connectivity index (χ0v) is 18.5. The molecule has 10 nitrogen and oxygen atoms in total. The van der Waals surface area contributed by atoms with Crippen molar-refractivity contribution in [3.8, 4) is 11.5 Å². The predicted molar refractivity (Wildman–Crippen MR) is 123 cm³/mol. The lowest BCUT2D eigenvalue weighted by Gasteiger charge is -2.11. The van der Waals surface area contributed by atoms with E-state index in [-0.39, 0.29) is 11.4 Å². The number of hydrogen-bond acceptors (Lipinski definition) is 7. The first-order chi connectivity index (χ1) is 16.1. The second kappa shape index (κ2) is 10.7. The van der Waals surface area contributed by atoms with Gasteiger partial charge in [0, 0.05) is 24.7 Å². The van der Waals surface area contributed by atoms with Crippen LogP contribution < -0.4 is 25.8 Å². The number of aromatic nitrogens is 3. The smallest absolute Gasteiger partial charge is 0.343 e. The van der Waals surface area contributed by atoms with Crippen LogP contribution in [0.25, 0.3) is 0 Å². The van der Waals surface area contributed by atoms with E-state index in [9.17, 15) is 14.4 Å². The second-order valence-electron chi connectivity index (χ2n) is 7.20. The van der Waals surface area contributed by atoms with Crippen LogP contribution in [0, 0.1) is 0 Å². The maximum absolute atomic E-state index is 12.2. The van der Waals surface area contributed by atoms with Crippen molar-refractivity contribution in [2.24, 2.45) is 0 Å². The molecule has 0 saturated carbocycles. The number of anilines is 1. The van der Waals surface area contributed by atoms with Gasteiger partial charge in [-0.15, -0.1) is 5.10 Å². The third-order valence-electron chi connectivity index (χ3n) is 4.78. The molecule has 1 aliphatic rings. The summed E-state index contributed by atoms with van der Waals surface area (Å²) in [6, 6.07) is 14.1. The zero-order valence-electron chi connectivity index (χ0n) is 17.7. The molecule has 0 atom stereocenters. The highest BCUT2D eigenvalue weighted by molar-refractivity contribution is 7.99. The molecule has 0 spiro atoms. The number of carbonyl (C=O) groups is 2. The molecule has 1 aliphatic heterocycles. The molecule has 3 amide bonds. The van der Waals surface area contributed by atoms with Crippen molar-refractivity contribution in [2.45, 2.75) is 24.5 Å². The summed E-state index contributed by atoms with van der Waals surface area (Å²) in [5.74, 6) is 0.559. The second-order valence-corrected chi connectivity index (χ2v) is 8.14. The summed E-state index contributed by atoms with van der Waals surface area (Å²) < 4.78 is 12.6. The molecule has 172 valence electrons. The van der Waals surface area contributed by atoms with E-state index in [0.717, 1.165) is 23.7 Å². The quantitative estimate of drug-likeness (QED) is 0.454. The molecule has 11 heteroatoms. The minimum absolute atomic E-state index is 0.0792. The van der Waals surface area contributed by atoms with Crippen molar-refractivity contribution >= 4 is 29.4 Å². The molecular weight excluding hydrogens is 446 g/mol. The van der Waals surface area contributed by atoms with Gasteiger partial charge in [-0.2, -0.15) is 0 Å². The number of fused-ring (bicyclic) bond motifs is 1. The van der Waals surface area contributed by atoms with E-state index in [4.69, 9.17) is 9.47 Å². The van der Waals surface area contributed by atoms with Crippen molar-refractivity contribution in [1.29, 1.82) is 0 Å². The number of ether oxygens (including phenoxy) is 2. The standard InChI is InChI=1S/C22H23N5O5S/c28-19(24-20(29)23-16-7-8-17-18(13-16)32-12-4-11-31-17)14-33-22-26-25-21(30)27(22)10-9-15-5-2-1-3-6-15/h1-3,5-8,13H,4,9-12,14H2,(H,25,30)(H2,23,24,28,29). The lowest BCUT2D eigenvalue weighted by atomic mass is 10.1. The molecule has 2 heterocycles. The van der Waals surface area contributed by atoms with Gasteiger partial charge in [0.1, 0.15) is 0 Å². The molecule has 0 aliphatic carbocycles. The largest absolute Gasteiger partial charge is 0.490 e. The molecule has 0 saturated heterocycles. The van der Waals surface area contributed by atoms with Crippen LogP contribution in [-0.4, -0.2) is 45.7 Å². The number of aromatic amines is 1. The van der Waals surface area contributed by atoms with Gasteiger partial charge >= 0.3 is 11.7 Å². The molecule has 4 rings (SSSR count). The first-order valence-electron chi connectivity index (χ1n) is 10.4. The number of benzene rings is 2. The molecule has 2 aromatic carbocycles. The van der Waals surface area contributed by atoms with E-state index >= 15 is 0 Å². The topological polar surface area (TPSA) is 127 Å². The number of rotatable bonds is 7. The predicted octanol–water partition coefficient (Wildman–Crippen LogP) is 2.42. The number of thioether (sulfide) groups is 1. The zero-order chi connectivity index (χ0) is 23.0. The van der Waals surface area contributed by atoms with Gasteiger partial charge in [0.05, 0.1) is 19.0 Å². The fourth-order valence-corrected chi connectivity index (χ4v) is 3.96. The lowest BCUT2D eigenvalue weighted by molar-refractivity contribution is -0.117. The number of nitrogens with zero attached hydrogens (tertiary/aromatic N) is 2. The molecule has 0 unspecified atom stereocenters. The highest BCUT2D eigenvalue weighted by Gasteiger charge is 2.15. The Morgan fingerprint density at radius 2 is 1.88 bits per heavy atom. The first kappa shape index (κ1) is 22.5. The third-order valence-corrected chi connectivity index (χ3v) is 5.76. The highest BCUT2D eigenvalue weighted by atomic mass is 32.2. The van der Waals surface area contributed by atoms with E-state index < -0.39 is 11.9 Å². The van der Waals surface area contributed by atoms with Crippen LogP contribution >= 0.6 is 11.8 Å². The van der Waals surface area contributed by atoms with Crippen LogP contribution in [0.2, 0.25) is 0 Å². The summed E-state index contributed by atoms with van der Waals surface area (Å²) in [7, 11) is 0. The Balaban J connectivity index is 1.28. The van der Waals surface area contributed by atoms with Crippen molar-refractivity contribution in [2.75, 3.05) is 24.3 Å². The first-order valence-corrected chi connectivity index (χ1v) is 11.4. The van der Waals surface area contributed by atoms with Crippen LogP contribution in [-0.2, 0) is 17.8 Å². The average molecular weight is 470 g/mol. The van der Waals surface area contributed by atoms with Crippen molar-refractivity contribution in [3.63, 3.8) is 0 Å². The Kier molecular flexibility index (Phi) is 7.30. The summed E-state index contributed by atoms with van der Waals surface area (Å²) in [5, 5.41) is 11.6. The maximum Gasteiger partial charge on any atom is 0.343 e. The van der Waals surface area contributed by atoms with E-state index in [0.29, 0.717) is 48.5 Å². The Labute approximate surface area is 193 Å². The number of urea groups is 1. The van der Waals surface area contributed by atoms with Crippen molar-refractivity contribution in [3.05, 3.63) is 64.6 Å². The van der Waals surface area contributed by atoms with Crippen molar-refractivity contribution in [1.82, 2.24) is 20.1 Å². The number of aryl methyl sites for hydroxylation is 1. The minimum Gasteiger partial charge on any atom is -0.490 e. The summed E-state index contributed by atoms with van der Waals surface area (Å²) in [6.45, 7) is 1.53. The van der Waals surface area contributed by atoms with Crippen LogP contribution in [0.3, 0.4) is 0 Å². The van der Waals surface area contributed by atoms with Gasteiger partial charge in [-0.3, -0.25) is 14.7 Å². The Morgan fingerprint density at radius 1 is 1.09 bits per heavy atom. The maximum atomic E-state index is 12.2. The lowest BCUT2D eigenvalue weighted by Crippen LogP contribution is -2.35. The van der Waals surface area contributed by atoms with Crippen LogP contribution in [0.1, 0.15) is 12.0 Å². The number of nitrogens with one attached hydrogen (secondary N) is 3. The fourth-order valence-electron chi connectivity index (χ4n) is 3.19. The summed E-state index contributed by atoms with van der Waals surface area (Å²) in [6.07, 6.45) is 1.43.